The quantitative estimate of drug-likeness (QED) is 0.419. The van der Waals surface area contributed by atoms with Gasteiger partial charge in [0.25, 0.3) is 0 Å². The van der Waals surface area contributed by atoms with Crippen molar-refractivity contribution in [1.82, 2.24) is 14.9 Å². The summed E-state index contributed by atoms with van der Waals surface area (Å²) in [6.07, 6.45) is 0.767. The number of carbonyl (C=O) groups is 1. The molecule has 0 radical (unpaired) electrons. The molecule has 9 heteroatoms. The Kier molecular flexibility index (Phi) is 4.93. The lowest BCUT2D eigenvalue weighted by molar-refractivity contribution is 0.0241. The molecule has 0 saturated heterocycles. The monoisotopic (exact) mass is 388 g/mol. The van der Waals surface area contributed by atoms with Gasteiger partial charge in [-0.1, -0.05) is 0 Å². The summed E-state index contributed by atoms with van der Waals surface area (Å²) in [7, 11) is 0. The maximum atomic E-state index is 12.4. The zero-order valence-electron chi connectivity index (χ0n) is 15.3. The van der Waals surface area contributed by atoms with Gasteiger partial charge in [-0.05, 0) is 50.6 Å². The van der Waals surface area contributed by atoms with Crippen LogP contribution in [-0.4, -0.2) is 32.8 Å². The van der Waals surface area contributed by atoms with Crippen LogP contribution in [0, 0.1) is 5.41 Å². The molecule has 0 atom stereocenters. The Balaban J connectivity index is 1.86. The van der Waals surface area contributed by atoms with Crippen LogP contribution in [-0.2, 0) is 17.8 Å². The van der Waals surface area contributed by atoms with E-state index in [4.69, 9.17) is 27.5 Å². The van der Waals surface area contributed by atoms with Crippen LogP contribution in [0.5, 0.6) is 0 Å². The van der Waals surface area contributed by atoms with Crippen LogP contribution in [0.2, 0.25) is 5.28 Å². The molecule has 0 aliphatic carbocycles. The predicted molar refractivity (Wildman–Crippen MR) is 105 cm³/mol. The molecule has 0 spiro atoms. The Labute approximate surface area is 162 Å². The number of nitrogen functional groups attached to an aromatic ring is 1. The minimum absolute atomic E-state index is 0.0880. The van der Waals surface area contributed by atoms with Crippen LogP contribution in [0.4, 0.5) is 22.0 Å². The van der Waals surface area contributed by atoms with E-state index >= 15 is 0 Å². The van der Waals surface area contributed by atoms with Crippen molar-refractivity contribution in [1.29, 1.82) is 5.41 Å². The van der Waals surface area contributed by atoms with Gasteiger partial charge < -0.3 is 21.2 Å². The van der Waals surface area contributed by atoms with Crippen LogP contribution >= 0.6 is 11.6 Å². The van der Waals surface area contributed by atoms with E-state index in [1.165, 1.54) is 6.21 Å². The molecule has 4 N–H and O–H groups in total. The number of benzene rings is 1. The van der Waals surface area contributed by atoms with Crippen molar-refractivity contribution in [2.75, 3.05) is 11.1 Å². The number of nitrogens with zero attached hydrogens (tertiary/aromatic N) is 3. The number of halogens is 1. The van der Waals surface area contributed by atoms with Crippen LogP contribution in [0.15, 0.2) is 18.2 Å². The van der Waals surface area contributed by atoms with Gasteiger partial charge in [0.05, 0.1) is 18.8 Å². The molecule has 0 unspecified atom stereocenters. The summed E-state index contributed by atoms with van der Waals surface area (Å²) in [5, 5.41) is 10.7. The van der Waals surface area contributed by atoms with Gasteiger partial charge in [-0.25, -0.2) is 14.8 Å². The molecular formula is C18H21ClN6O2. The second kappa shape index (κ2) is 7.03. The summed E-state index contributed by atoms with van der Waals surface area (Å²) in [5.74, 6) is 0.511. The van der Waals surface area contributed by atoms with Gasteiger partial charge in [0.2, 0.25) is 5.28 Å². The third-order valence-corrected chi connectivity index (χ3v) is 4.08. The number of aromatic nitrogens is 2. The molecule has 142 valence electrons. The fraction of sp³-hybridized carbons (Fsp3) is 0.333. The van der Waals surface area contributed by atoms with Crippen molar-refractivity contribution in [3.8, 4) is 0 Å². The predicted octanol–water partition coefficient (Wildman–Crippen LogP) is 3.70. The Morgan fingerprint density at radius 3 is 2.78 bits per heavy atom. The highest BCUT2D eigenvalue weighted by atomic mass is 35.5. The largest absolute Gasteiger partial charge is 0.444 e. The SMILES string of the molecule is CC(C)(C)OC(=O)N1Cc2nc(Cl)nc(Nc3ccc(N)c(C=N)c3)c2C1. The van der Waals surface area contributed by atoms with Crippen LogP contribution < -0.4 is 11.1 Å². The van der Waals surface area contributed by atoms with E-state index in [1.807, 2.05) is 20.8 Å². The molecule has 0 saturated carbocycles. The molecular weight excluding hydrogens is 368 g/mol. The van der Waals surface area contributed by atoms with Gasteiger partial charge in [-0.2, -0.15) is 0 Å². The lowest BCUT2D eigenvalue weighted by atomic mass is 10.1. The van der Waals surface area contributed by atoms with Crippen molar-refractivity contribution < 1.29 is 9.53 Å². The number of nitrogens with one attached hydrogen (secondary N) is 2. The minimum atomic E-state index is -0.580. The molecule has 1 amide bonds. The highest BCUT2D eigenvalue weighted by Gasteiger charge is 2.31. The van der Waals surface area contributed by atoms with E-state index in [2.05, 4.69) is 15.3 Å². The molecule has 3 rings (SSSR count). The third-order valence-electron chi connectivity index (χ3n) is 3.91. The average Bonchev–Trinajstić information content (AvgIpc) is 2.99. The first kappa shape index (κ1) is 18.9. The van der Waals surface area contributed by atoms with E-state index in [1.54, 1.807) is 23.1 Å². The second-order valence-electron chi connectivity index (χ2n) is 7.22. The normalized spacial score (nSPS) is 13.3. The molecule has 0 bridgehead atoms. The maximum absolute atomic E-state index is 12.4. The van der Waals surface area contributed by atoms with E-state index in [-0.39, 0.29) is 5.28 Å². The Morgan fingerprint density at radius 2 is 2.11 bits per heavy atom. The highest BCUT2D eigenvalue weighted by Crippen LogP contribution is 2.31. The summed E-state index contributed by atoms with van der Waals surface area (Å²) in [5.41, 5.74) is 8.50. The topological polar surface area (TPSA) is 117 Å². The van der Waals surface area contributed by atoms with Gasteiger partial charge >= 0.3 is 6.09 Å². The molecule has 2 heterocycles. The summed E-state index contributed by atoms with van der Waals surface area (Å²) in [6.45, 7) is 6.07. The Hall–Kier alpha value is -2.87. The van der Waals surface area contributed by atoms with Crippen molar-refractivity contribution in [2.24, 2.45) is 0 Å². The molecule has 1 aromatic carbocycles. The smallest absolute Gasteiger partial charge is 0.410 e. The van der Waals surface area contributed by atoms with Gasteiger partial charge in [0, 0.05) is 28.7 Å². The Bertz CT molecular complexity index is 909. The summed E-state index contributed by atoms with van der Waals surface area (Å²) >= 11 is 6.06. The molecule has 1 aliphatic rings. The lowest BCUT2D eigenvalue weighted by Gasteiger charge is -2.24. The van der Waals surface area contributed by atoms with Crippen molar-refractivity contribution in [3.05, 3.63) is 40.3 Å². The number of ether oxygens (including phenoxy) is 1. The van der Waals surface area contributed by atoms with Gasteiger partial charge in [-0.15, -0.1) is 0 Å². The number of rotatable bonds is 3. The Morgan fingerprint density at radius 1 is 1.37 bits per heavy atom. The van der Waals surface area contributed by atoms with Crippen molar-refractivity contribution in [3.63, 3.8) is 0 Å². The molecule has 1 aliphatic heterocycles. The summed E-state index contributed by atoms with van der Waals surface area (Å²) in [4.78, 5) is 22.4. The van der Waals surface area contributed by atoms with E-state index < -0.39 is 11.7 Å². The zero-order valence-corrected chi connectivity index (χ0v) is 16.1. The third kappa shape index (κ3) is 4.28. The molecule has 1 aromatic heterocycles. The number of amides is 1. The van der Waals surface area contributed by atoms with Crippen LogP contribution in [0.1, 0.15) is 37.6 Å². The maximum Gasteiger partial charge on any atom is 0.410 e. The molecule has 0 fully saturated rings. The van der Waals surface area contributed by atoms with E-state index in [9.17, 15) is 4.79 Å². The van der Waals surface area contributed by atoms with Crippen LogP contribution in [0.3, 0.4) is 0 Å². The molecule has 2 aromatic rings. The fourth-order valence-electron chi connectivity index (χ4n) is 2.70. The molecule has 8 nitrogen and oxygen atoms in total. The van der Waals surface area contributed by atoms with E-state index in [0.717, 1.165) is 5.56 Å². The minimum Gasteiger partial charge on any atom is -0.444 e. The van der Waals surface area contributed by atoms with Gasteiger partial charge in [-0.3, -0.25) is 4.90 Å². The standard InChI is InChI=1S/C18H21ClN6O2/c1-18(2,3)27-17(26)25-8-12-14(9-25)23-16(19)24-15(12)22-11-4-5-13(21)10(6-11)7-20/h4-7,20H,8-9,21H2,1-3H3,(H,22,23,24). The van der Waals surface area contributed by atoms with Crippen molar-refractivity contribution >= 4 is 41.1 Å². The van der Waals surface area contributed by atoms with Gasteiger partial charge in [0.1, 0.15) is 11.4 Å². The first-order valence-corrected chi connectivity index (χ1v) is 8.74. The van der Waals surface area contributed by atoms with E-state index in [0.29, 0.717) is 41.5 Å². The summed E-state index contributed by atoms with van der Waals surface area (Å²) < 4.78 is 5.43. The number of hydrogen-bond donors (Lipinski definition) is 3. The average molecular weight is 389 g/mol. The highest BCUT2D eigenvalue weighted by molar-refractivity contribution is 6.28. The number of fused-ring (bicyclic) bond motifs is 1. The van der Waals surface area contributed by atoms with Crippen molar-refractivity contribution in [2.45, 2.75) is 39.5 Å². The zero-order chi connectivity index (χ0) is 19.8. The number of hydrogen-bond acceptors (Lipinski definition) is 7. The second-order valence-corrected chi connectivity index (χ2v) is 7.55. The lowest BCUT2D eigenvalue weighted by Crippen LogP contribution is -2.33. The number of nitrogens with two attached hydrogens (primary N) is 1. The first-order valence-electron chi connectivity index (χ1n) is 8.36. The number of carbonyl (C=O) groups excluding carboxylic acids is 1. The number of anilines is 3. The summed E-state index contributed by atoms with van der Waals surface area (Å²) in [6, 6.07) is 5.23. The van der Waals surface area contributed by atoms with Crippen LogP contribution in [0.25, 0.3) is 0 Å². The first-order chi connectivity index (χ1) is 12.7. The fourth-order valence-corrected chi connectivity index (χ4v) is 2.88. The molecule has 27 heavy (non-hydrogen) atoms. The van der Waals surface area contributed by atoms with Gasteiger partial charge in [0.15, 0.2) is 0 Å².